The molecule has 0 aromatic heterocycles. The third-order valence-corrected chi connectivity index (χ3v) is 3.42. The summed E-state index contributed by atoms with van der Waals surface area (Å²) in [4.78, 5) is 0. The Kier molecular flexibility index (Phi) is 7.09. The lowest BCUT2D eigenvalue weighted by molar-refractivity contribution is 0.0912. The fourth-order valence-electron chi connectivity index (χ4n) is 2.01. The van der Waals surface area contributed by atoms with Gasteiger partial charge in [0, 0.05) is 33.5 Å². The third-order valence-electron chi connectivity index (χ3n) is 3.42. The highest BCUT2D eigenvalue weighted by Gasteiger charge is 2.41. The molecule has 0 bridgehead atoms. The molecule has 0 heterocycles. The maximum Gasteiger partial charge on any atom is 0.0487 e. The van der Waals surface area contributed by atoms with Gasteiger partial charge in [0.05, 0.1) is 0 Å². The van der Waals surface area contributed by atoms with Gasteiger partial charge in [-0.15, -0.1) is 0 Å². The van der Waals surface area contributed by atoms with Gasteiger partial charge in [0.15, 0.2) is 0 Å². The molecular weight excluding hydrogens is 214 g/mol. The molecule has 0 atom stereocenters. The normalized spacial score (nSPS) is 17.6. The summed E-state index contributed by atoms with van der Waals surface area (Å²) < 4.78 is 10.6. The molecule has 0 aromatic rings. The zero-order valence-corrected chi connectivity index (χ0v) is 11.8. The molecule has 1 aliphatic carbocycles. The molecule has 0 saturated heterocycles. The van der Waals surface area contributed by atoms with Crippen molar-refractivity contribution < 1.29 is 9.47 Å². The molecule has 3 heteroatoms. The number of hydrogen-bond donors (Lipinski definition) is 1. The number of hydrogen-bond acceptors (Lipinski definition) is 3. The molecule has 1 fully saturated rings. The first-order valence-corrected chi connectivity index (χ1v) is 6.96. The Morgan fingerprint density at radius 1 is 1.18 bits per heavy atom. The van der Waals surface area contributed by atoms with Gasteiger partial charge < -0.3 is 14.8 Å². The van der Waals surface area contributed by atoms with Gasteiger partial charge in [-0.2, -0.15) is 0 Å². The Morgan fingerprint density at radius 2 is 1.94 bits per heavy atom. The van der Waals surface area contributed by atoms with E-state index in [9.17, 15) is 0 Å². The molecule has 1 rings (SSSR count). The molecule has 17 heavy (non-hydrogen) atoms. The first kappa shape index (κ1) is 14.9. The maximum absolute atomic E-state index is 5.63. The van der Waals surface area contributed by atoms with E-state index in [0.717, 1.165) is 38.7 Å². The van der Waals surface area contributed by atoms with Crippen LogP contribution in [0.4, 0.5) is 0 Å². The van der Waals surface area contributed by atoms with Gasteiger partial charge in [-0.25, -0.2) is 0 Å². The van der Waals surface area contributed by atoms with E-state index in [2.05, 4.69) is 19.2 Å². The van der Waals surface area contributed by atoms with Crippen molar-refractivity contribution in [3.63, 3.8) is 0 Å². The monoisotopic (exact) mass is 243 g/mol. The first-order chi connectivity index (χ1) is 8.18. The summed E-state index contributed by atoms with van der Waals surface area (Å²) >= 11 is 0. The zero-order valence-electron chi connectivity index (χ0n) is 11.8. The molecule has 0 aliphatic heterocycles. The Bertz CT molecular complexity index is 191. The SMILES string of the molecule is COCCCOCCC1(CNCC(C)C)CC1. The van der Waals surface area contributed by atoms with E-state index in [1.807, 2.05) is 0 Å². The van der Waals surface area contributed by atoms with E-state index in [1.165, 1.54) is 25.8 Å². The summed E-state index contributed by atoms with van der Waals surface area (Å²) in [6.45, 7) is 9.37. The quantitative estimate of drug-likeness (QED) is 0.565. The van der Waals surface area contributed by atoms with Crippen LogP contribution in [0.3, 0.4) is 0 Å². The smallest absolute Gasteiger partial charge is 0.0487 e. The van der Waals surface area contributed by atoms with Crippen LogP contribution < -0.4 is 5.32 Å². The van der Waals surface area contributed by atoms with Crippen molar-refractivity contribution in [2.75, 3.05) is 40.0 Å². The number of nitrogens with one attached hydrogen (secondary N) is 1. The second-order valence-corrected chi connectivity index (χ2v) is 5.73. The predicted molar refractivity (Wildman–Crippen MR) is 71.3 cm³/mol. The number of ether oxygens (including phenoxy) is 2. The second kappa shape index (κ2) is 8.06. The van der Waals surface area contributed by atoms with Crippen LogP contribution in [0.1, 0.15) is 39.5 Å². The largest absolute Gasteiger partial charge is 0.385 e. The van der Waals surface area contributed by atoms with Crippen molar-refractivity contribution in [1.82, 2.24) is 5.32 Å². The minimum Gasteiger partial charge on any atom is -0.385 e. The summed E-state index contributed by atoms with van der Waals surface area (Å²) in [5.74, 6) is 0.746. The summed E-state index contributed by atoms with van der Waals surface area (Å²) in [6.07, 6.45) is 4.97. The van der Waals surface area contributed by atoms with Gasteiger partial charge in [0.2, 0.25) is 0 Å². The van der Waals surface area contributed by atoms with Gasteiger partial charge >= 0.3 is 0 Å². The summed E-state index contributed by atoms with van der Waals surface area (Å²) in [7, 11) is 1.74. The van der Waals surface area contributed by atoms with Gasteiger partial charge in [-0.05, 0) is 43.6 Å². The molecule has 0 amide bonds. The van der Waals surface area contributed by atoms with Crippen LogP contribution in [0.25, 0.3) is 0 Å². The number of methoxy groups -OCH3 is 1. The van der Waals surface area contributed by atoms with Crippen molar-refractivity contribution in [1.29, 1.82) is 0 Å². The molecule has 1 aliphatic rings. The highest BCUT2D eigenvalue weighted by molar-refractivity contribution is 4.94. The van der Waals surface area contributed by atoms with Gasteiger partial charge in [0.25, 0.3) is 0 Å². The van der Waals surface area contributed by atoms with Crippen LogP contribution in [0.5, 0.6) is 0 Å². The lowest BCUT2D eigenvalue weighted by atomic mass is 10.0. The average molecular weight is 243 g/mol. The summed E-state index contributed by atoms with van der Waals surface area (Å²) in [6, 6.07) is 0. The maximum atomic E-state index is 5.63. The van der Waals surface area contributed by atoms with Crippen molar-refractivity contribution in [3.05, 3.63) is 0 Å². The predicted octanol–water partition coefficient (Wildman–Crippen LogP) is 2.46. The zero-order chi connectivity index (χ0) is 12.6. The van der Waals surface area contributed by atoms with E-state index in [4.69, 9.17) is 9.47 Å². The molecule has 0 spiro atoms. The molecular formula is C14H29NO2. The van der Waals surface area contributed by atoms with Crippen molar-refractivity contribution in [3.8, 4) is 0 Å². The van der Waals surface area contributed by atoms with Crippen LogP contribution in [0.2, 0.25) is 0 Å². The first-order valence-electron chi connectivity index (χ1n) is 6.96. The molecule has 3 nitrogen and oxygen atoms in total. The fourth-order valence-corrected chi connectivity index (χ4v) is 2.01. The van der Waals surface area contributed by atoms with Crippen LogP contribution in [0, 0.1) is 11.3 Å². The summed E-state index contributed by atoms with van der Waals surface area (Å²) in [5.41, 5.74) is 0.566. The van der Waals surface area contributed by atoms with Crippen LogP contribution in [0.15, 0.2) is 0 Å². The van der Waals surface area contributed by atoms with Crippen LogP contribution in [-0.4, -0.2) is 40.0 Å². The van der Waals surface area contributed by atoms with E-state index >= 15 is 0 Å². The van der Waals surface area contributed by atoms with Gasteiger partial charge in [-0.3, -0.25) is 0 Å². The van der Waals surface area contributed by atoms with Crippen molar-refractivity contribution in [2.24, 2.45) is 11.3 Å². The highest BCUT2D eigenvalue weighted by Crippen LogP contribution is 2.48. The Labute approximate surface area is 106 Å². The topological polar surface area (TPSA) is 30.5 Å². The van der Waals surface area contributed by atoms with E-state index in [0.29, 0.717) is 5.41 Å². The minimum absolute atomic E-state index is 0.566. The lowest BCUT2D eigenvalue weighted by Gasteiger charge is -2.17. The van der Waals surface area contributed by atoms with Gasteiger partial charge in [0.1, 0.15) is 0 Å². The Balaban J connectivity index is 1.94. The molecule has 1 saturated carbocycles. The van der Waals surface area contributed by atoms with Crippen LogP contribution >= 0.6 is 0 Å². The highest BCUT2D eigenvalue weighted by atomic mass is 16.5. The van der Waals surface area contributed by atoms with Crippen LogP contribution in [-0.2, 0) is 9.47 Å². The number of rotatable bonds is 11. The van der Waals surface area contributed by atoms with Gasteiger partial charge in [-0.1, -0.05) is 13.8 Å². The second-order valence-electron chi connectivity index (χ2n) is 5.73. The Morgan fingerprint density at radius 3 is 2.53 bits per heavy atom. The molecule has 0 radical (unpaired) electrons. The molecule has 1 N–H and O–H groups in total. The fraction of sp³-hybridized carbons (Fsp3) is 1.00. The third kappa shape index (κ3) is 7.02. The molecule has 102 valence electrons. The molecule has 0 aromatic carbocycles. The molecule has 0 unspecified atom stereocenters. The Hall–Kier alpha value is -0.120. The lowest BCUT2D eigenvalue weighted by Crippen LogP contribution is -2.28. The van der Waals surface area contributed by atoms with E-state index < -0.39 is 0 Å². The van der Waals surface area contributed by atoms with E-state index in [-0.39, 0.29) is 0 Å². The summed E-state index contributed by atoms with van der Waals surface area (Å²) in [5, 5.41) is 3.57. The van der Waals surface area contributed by atoms with Crippen molar-refractivity contribution in [2.45, 2.75) is 39.5 Å². The average Bonchev–Trinajstić information content (AvgIpc) is 3.03. The standard InChI is InChI=1S/C14H29NO2/c1-13(2)11-15-12-14(5-6-14)7-10-17-9-4-8-16-3/h13,15H,4-12H2,1-3H3. The minimum atomic E-state index is 0.566. The van der Waals surface area contributed by atoms with E-state index in [1.54, 1.807) is 7.11 Å². The van der Waals surface area contributed by atoms with Crippen molar-refractivity contribution >= 4 is 0 Å².